The first-order valence-corrected chi connectivity index (χ1v) is 7.64. The molecule has 0 atom stereocenters. The molecule has 116 valence electrons. The van der Waals surface area contributed by atoms with Gasteiger partial charge < -0.3 is 10.4 Å². The normalized spacial score (nSPS) is 10.6. The van der Waals surface area contributed by atoms with Crippen LogP contribution in [-0.2, 0) is 6.42 Å². The molecular formula is C19H18N2O2. The third-order valence-electron chi connectivity index (χ3n) is 3.76. The second kappa shape index (κ2) is 6.92. The fourth-order valence-electron chi connectivity index (χ4n) is 2.55. The number of hydrogen-bond donors (Lipinski definition) is 2. The van der Waals surface area contributed by atoms with Crippen LogP contribution in [0.2, 0.25) is 0 Å². The van der Waals surface area contributed by atoms with Crippen molar-refractivity contribution in [2.24, 2.45) is 0 Å². The SMILES string of the molecule is O=C(NCCCc1ccccc1)c1ccc2cccnc2c1O. The number of hydrogen-bond acceptors (Lipinski definition) is 3. The lowest BCUT2D eigenvalue weighted by atomic mass is 10.1. The first-order valence-electron chi connectivity index (χ1n) is 7.64. The summed E-state index contributed by atoms with van der Waals surface area (Å²) in [5, 5.41) is 13.9. The Labute approximate surface area is 134 Å². The summed E-state index contributed by atoms with van der Waals surface area (Å²) in [7, 11) is 0. The number of phenols is 1. The van der Waals surface area contributed by atoms with E-state index in [0.717, 1.165) is 18.2 Å². The van der Waals surface area contributed by atoms with Crippen LogP contribution in [0, 0.1) is 0 Å². The van der Waals surface area contributed by atoms with Crippen LogP contribution in [0.15, 0.2) is 60.8 Å². The van der Waals surface area contributed by atoms with Crippen LogP contribution in [0.25, 0.3) is 10.9 Å². The van der Waals surface area contributed by atoms with Crippen LogP contribution in [0.1, 0.15) is 22.3 Å². The first-order chi connectivity index (χ1) is 11.3. The Bertz CT molecular complexity index is 816. The lowest BCUT2D eigenvalue weighted by Crippen LogP contribution is -2.24. The highest BCUT2D eigenvalue weighted by atomic mass is 16.3. The number of pyridine rings is 1. The van der Waals surface area contributed by atoms with Crippen molar-refractivity contribution >= 4 is 16.8 Å². The minimum absolute atomic E-state index is 0.0661. The number of aryl methyl sites for hydroxylation is 1. The van der Waals surface area contributed by atoms with E-state index in [4.69, 9.17) is 0 Å². The highest BCUT2D eigenvalue weighted by Gasteiger charge is 2.13. The largest absolute Gasteiger partial charge is 0.505 e. The maximum absolute atomic E-state index is 12.2. The Morgan fingerprint density at radius 2 is 1.87 bits per heavy atom. The minimum atomic E-state index is -0.275. The quantitative estimate of drug-likeness (QED) is 0.711. The van der Waals surface area contributed by atoms with Crippen molar-refractivity contribution in [1.29, 1.82) is 0 Å². The van der Waals surface area contributed by atoms with Gasteiger partial charge in [0, 0.05) is 18.1 Å². The summed E-state index contributed by atoms with van der Waals surface area (Å²) in [6.45, 7) is 0.563. The number of nitrogens with zero attached hydrogens (tertiary/aromatic N) is 1. The molecule has 2 aromatic carbocycles. The van der Waals surface area contributed by atoms with E-state index in [1.807, 2.05) is 24.3 Å². The molecule has 2 N–H and O–H groups in total. The van der Waals surface area contributed by atoms with Gasteiger partial charge in [-0.25, -0.2) is 0 Å². The Morgan fingerprint density at radius 3 is 2.70 bits per heavy atom. The van der Waals surface area contributed by atoms with E-state index in [9.17, 15) is 9.90 Å². The summed E-state index contributed by atoms with van der Waals surface area (Å²) in [4.78, 5) is 16.4. The predicted molar refractivity (Wildman–Crippen MR) is 90.5 cm³/mol. The molecule has 0 fully saturated rings. The zero-order valence-corrected chi connectivity index (χ0v) is 12.7. The first kappa shape index (κ1) is 15.0. The van der Waals surface area contributed by atoms with E-state index in [1.54, 1.807) is 24.4 Å². The van der Waals surface area contributed by atoms with Crippen molar-refractivity contribution in [2.75, 3.05) is 6.54 Å². The van der Waals surface area contributed by atoms with Gasteiger partial charge in [0.25, 0.3) is 5.91 Å². The van der Waals surface area contributed by atoms with Gasteiger partial charge in [0.2, 0.25) is 0 Å². The molecule has 0 unspecified atom stereocenters. The average molecular weight is 306 g/mol. The summed E-state index contributed by atoms with van der Waals surface area (Å²) in [6.07, 6.45) is 3.36. The van der Waals surface area contributed by atoms with E-state index < -0.39 is 0 Å². The van der Waals surface area contributed by atoms with Gasteiger partial charge in [-0.15, -0.1) is 0 Å². The average Bonchev–Trinajstić information content (AvgIpc) is 2.60. The Kier molecular flexibility index (Phi) is 4.52. The highest BCUT2D eigenvalue weighted by molar-refractivity contribution is 6.02. The molecule has 3 aromatic rings. The Balaban J connectivity index is 1.61. The van der Waals surface area contributed by atoms with Crippen molar-refractivity contribution < 1.29 is 9.90 Å². The van der Waals surface area contributed by atoms with E-state index >= 15 is 0 Å². The number of rotatable bonds is 5. The van der Waals surface area contributed by atoms with Gasteiger partial charge in [0.15, 0.2) is 5.75 Å². The highest BCUT2D eigenvalue weighted by Crippen LogP contribution is 2.26. The third-order valence-corrected chi connectivity index (χ3v) is 3.76. The van der Waals surface area contributed by atoms with Gasteiger partial charge in [-0.3, -0.25) is 9.78 Å². The molecule has 4 heteroatoms. The smallest absolute Gasteiger partial charge is 0.255 e. The maximum atomic E-state index is 12.2. The number of aromatic hydroxyl groups is 1. The molecule has 4 nitrogen and oxygen atoms in total. The van der Waals surface area contributed by atoms with E-state index in [2.05, 4.69) is 22.4 Å². The van der Waals surface area contributed by atoms with Gasteiger partial charge in [0.1, 0.15) is 5.52 Å². The summed E-state index contributed by atoms with van der Waals surface area (Å²) in [6, 6.07) is 17.2. The lowest BCUT2D eigenvalue weighted by molar-refractivity contribution is 0.0951. The zero-order chi connectivity index (χ0) is 16.1. The predicted octanol–water partition coefficient (Wildman–Crippen LogP) is 3.30. The van der Waals surface area contributed by atoms with Crippen LogP contribution >= 0.6 is 0 Å². The van der Waals surface area contributed by atoms with Crippen LogP contribution in [0.3, 0.4) is 0 Å². The molecule has 0 radical (unpaired) electrons. The molecule has 1 amide bonds. The van der Waals surface area contributed by atoms with E-state index in [-0.39, 0.29) is 17.2 Å². The fourth-order valence-corrected chi connectivity index (χ4v) is 2.55. The van der Waals surface area contributed by atoms with Crippen molar-refractivity contribution in [3.05, 3.63) is 71.9 Å². The van der Waals surface area contributed by atoms with Gasteiger partial charge in [-0.1, -0.05) is 42.5 Å². The van der Waals surface area contributed by atoms with Crippen molar-refractivity contribution in [3.63, 3.8) is 0 Å². The van der Waals surface area contributed by atoms with Crippen molar-refractivity contribution in [2.45, 2.75) is 12.8 Å². The summed E-state index contributed by atoms with van der Waals surface area (Å²) in [5.74, 6) is -0.341. The molecule has 0 aliphatic heterocycles. The molecule has 0 saturated heterocycles. The summed E-state index contributed by atoms with van der Waals surface area (Å²) >= 11 is 0. The van der Waals surface area contributed by atoms with E-state index in [0.29, 0.717) is 12.1 Å². The number of amides is 1. The molecular weight excluding hydrogens is 288 g/mol. The molecule has 0 aliphatic carbocycles. The molecule has 0 spiro atoms. The monoisotopic (exact) mass is 306 g/mol. The third kappa shape index (κ3) is 3.48. The molecule has 3 rings (SSSR count). The van der Waals surface area contributed by atoms with Crippen LogP contribution in [-0.4, -0.2) is 22.5 Å². The number of phenolic OH excluding ortho intramolecular Hbond substituents is 1. The van der Waals surface area contributed by atoms with Gasteiger partial charge in [0.05, 0.1) is 5.56 Å². The number of fused-ring (bicyclic) bond motifs is 1. The summed E-state index contributed by atoms with van der Waals surface area (Å²) in [5.41, 5.74) is 1.96. The number of aromatic nitrogens is 1. The lowest BCUT2D eigenvalue weighted by Gasteiger charge is -2.08. The second-order valence-corrected chi connectivity index (χ2v) is 5.38. The molecule has 0 saturated carbocycles. The second-order valence-electron chi connectivity index (χ2n) is 5.38. The van der Waals surface area contributed by atoms with Crippen molar-refractivity contribution in [3.8, 4) is 5.75 Å². The molecule has 1 aromatic heterocycles. The standard InChI is InChI=1S/C19H18N2O2/c22-18-16(11-10-15-9-5-12-20-17(15)18)19(23)21-13-4-8-14-6-2-1-3-7-14/h1-3,5-7,9-12,22H,4,8,13H2,(H,21,23). The topological polar surface area (TPSA) is 62.2 Å². The fraction of sp³-hybridized carbons (Fsp3) is 0.158. The number of benzene rings is 2. The molecule has 1 heterocycles. The minimum Gasteiger partial charge on any atom is -0.505 e. The van der Waals surface area contributed by atoms with Crippen molar-refractivity contribution in [1.82, 2.24) is 10.3 Å². The van der Waals surface area contributed by atoms with Crippen LogP contribution < -0.4 is 5.32 Å². The number of nitrogens with one attached hydrogen (secondary N) is 1. The number of carbonyl (C=O) groups is 1. The zero-order valence-electron chi connectivity index (χ0n) is 12.7. The Hall–Kier alpha value is -2.88. The molecule has 0 bridgehead atoms. The van der Waals surface area contributed by atoms with Gasteiger partial charge >= 0.3 is 0 Å². The van der Waals surface area contributed by atoms with Crippen LogP contribution in [0.4, 0.5) is 0 Å². The molecule has 0 aliphatic rings. The van der Waals surface area contributed by atoms with Gasteiger partial charge in [-0.05, 0) is 30.5 Å². The number of carbonyl (C=O) groups excluding carboxylic acids is 1. The summed E-state index contributed by atoms with van der Waals surface area (Å²) < 4.78 is 0. The molecule has 23 heavy (non-hydrogen) atoms. The maximum Gasteiger partial charge on any atom is 0.255 e. The van der Waals surface area contributed by atoms with Crippen LogP contribution in [0.5, 0.6) is 5.75 Å². The van der Waals surface area contributed by atoms with E-state index in [1.165, 1.54) is 5.56 Å². The van der Waals surface area contributed by atoms with Gasteiger partial charge in [-0.2, -0.15) is 0 Å². The Morgan fingerprint density at radius 1 is 1.04 bits per heavy atom.